The fourth-order valence-electron chi connectivity index (χ4n) is 1.49. The average Bonchev–Trinajstić information content (AvgIpc) is 2.34. The highest BCUT2D eigenvalue weighted by atomic mass is 79.9. The Balaban J connectivity index is 2.40. The standard InChI is InChI=1S/C12H10BrClN4O/c13-6-1-2-10(9(14)3-6)18-12-8(11(16)19)4-7(15)5-17-12/h1-5H,15H2,(H2,16,19)(H,17,18). The third kappa shape index (κ3) is 3.15. The van der Waals surface area contributed by atoms with Crippen LogP contribution >= 0.6 is 27.5 Å². The van der Waals surface area contributed by atoms with Gasteiger partial charge in [0.25, 0.3) is 5.91 Å². The first-order chi connectivity index (χ1) is 8.97. The number of rotatable bonds is 3. The molecule has 0 aliphatic carbocycles. The van der Waals surface area contributed by atoms with E-state index in [1.54, 1.807) is 12.1 Å². The van der Waals surface area contributed by atoms with Crippen LogP contribution in [0.2, 0.25) is 5.02 Å². The summed E-state index contributed by atoms with van der Waals surface area (Å²) in [4.78, 5) is 15.4. The van der Waals surface area contributed by atoms with Gasteiger partial charge in [-0.05, 0) is 24.3 Å². The third-order valence-corrected chi connectivity index (χ3v) is 3.16. The smallest absolute Gasteiger partial charge is 0.252 e. The lowest BCUT2D eigenvalue weighted by molar-refractivity contribution is 0.100. The lowest BCUT2D eigenvalue weighted by Gasteiger charge is -2.11. The van der Waals surface area contributed by atoms with E-state index in [4.69, 9.17) is 23.1 Å². The zero-order chi connectivity index (χ0) is 14.0. The number of hydrogen-bond donors (Lipinski definition) is 3. The van der Waals surface area contributed by atoms with Crippen molar-refractivity contribution in [3.8, 4) is 0 Å². The lowest BCUT2D eigenvalue weighted by atomic mass is 10.2. The Labute approximate surface area is 123 Å². The molecule has 19 heavy (non-hydrogen) atoms. The number of nitrogen functional groups attached to an aromatic ring is 1. The van der Waals surface area contributed by atoms with E-state index >= 15 is 0 Å². The minimum absolute atomic E-state index is 0.207. The monoisotopic (exact) mass is 340 g/mol. The maximum absolute atomic E-state index is 11.3. The van der Waals surface area contributed by atoms with Gasteiger partial charge >= 0.3 is 0 Å². The number of primary amides is 1. The second kappa shape index (κ2) is 5.46. The maximum atomic E-state index is 11.3. The van der Waals surface area contributed by atoms with Gasteiger partial charge in [0.2, 0.25) is 0 Å². The van der Waals surface area contributed by atoms with Crippen LogP contribution < -0.4 is 16.8 Å². The summed E-state index contributed by atoms with van der Waals surface area (Å²) in [5, 5.41) is 3.45. The molecule has 0 saturated heterocycles. The van der Waals surface area contributed by atoms with E-state index in [2.05, 4.69) is 26.2 Å². The van der Waals surface area contributed by atoms with Gasteiger partial charge in [0.1, 0.15) is 5.82 Å². The number of carbonyl (C=O) groups excluding carboxylic acids is 1. The van der Waals surface area contributed by atoms with Crippen LogP contribution in [0.25, 0.3) is 0 Å². The quantitative estimate of drug-likeness (QED) is 0.800. The molecule has 0 radical (unpaired) electrons. The van der Waals surface area contributed by atoms with Crippen LogP contribution in [0.1, 0.15) is 10.4 Å². The highest BCUT2D eigenvalue weighted by molar-refractivity contribution is 9.10. The molecule has 0 bridgehead atoms. The van der Waals surface area contributed by atoms with E-state index in [0.717, 1.165) is 4.47 Å². The molecule has 2 aromatic rings. The van der Waals surface area contributed by atoms with Gasteiger partial charge in [-0.25, -0.2) is 4.98 Å². The van der Waals surface area contributed by atoms with Crippen LogP contribution in [-0.2, 0) is 0 Å². The first-order valence-corrected chi connectivity index (χ1v) is 6.42. The zero-order valence-corrected chi connectivity index (χ0v) is 12.0. The summed E-state index contributed by atoms with van der Waals surface area (Å²) in [5.41, 5.74) is 12.0. The topological polar surface area (TPSA) is 94.0 Å². The van der Waals surface area contributed by atoms with Crippen molar-refractivity contribution in [2.45, 2.75) is 0 Å². The molecule has 5 N–H and O–H groups in total. The number of anilines is 3. The van der Waals surface area contributed by atoms with Gasteiger partial charge in [-0.2, -0.15) is 0 Å². The van der Waals surface area contributed by atoms with Crippen LogP contribution in [0.15, 0.2) is 34.9 Å². The molecular formula is C12H10BrClN4O. The largest absolute Gasteiger partial charge is 0.397 e. The summed E-state index contributed by atoms with van der Waals surface area (Å²) in [7, 11) is 0. The van der Waals surface area contributed by atoms with Crippen LogP contribution in [0.3, 0.4) is 0 Å². The van der Waals surface area contributed by atoms with Crippen LogP contribution in [0.5, 0.6) is 0 Å². The fourth-order valence-corrected chi connectivity index (χ4v) is 2.21. The Kier molecular flexibility index (Phi) is 3.92. The molecule has 0 atom stereocenters. The van der Waals surface area contributed by atoms with Crippen molar-refractivity contribution in [1.29, 1.82) is 0 Å². The molecule has 0 unspecified atom stereocenters. The predicted octanol–water partition coefficient (Wildman–Crippen LogP) is 2.92. The van der Waals surface area contributed by atoms with Crippen molar-refractivity contribution in [2.24, 2.45) is 5.73 Å². The van der Waals surface area contributed by atoms with Gasteiger partial charge in [-0.1, -0.05) is 27.5 Å². The van der Waals surface area contributed by atoms with Crippen molar-refractivity contribution in [2.75, 3.05) is 11.1 Å². The second-order valence-corrected chi connectivity index (χ2v) is 5.10. The van der Waals surface area contributed by atoms with E-state index in [1.807, 2.05) is 6.07 Å². The molecule has 1 aromatic carbocycles. The Morgan fingerprint density at radius 2 is 2.11 bits per heavy atom. The number of carbonyl (C=O) groups is 1. The molecular weight excluding hydrogens is 332 g/mol. The van der Waals surface area contributed by atoms with E-state index in [0.29, 0.717) is 22.2 Å². The Hall–Kier alpha value is -1.79. The number of nitrogens with zero attached hydrogens (tertiary/aromatic N) is 1. The molecule has 1 amide bonds. The summed E-state index contributed by atoms with van der Waals surface area (Å²) in [5.74, 6) is -0.304. The Morgan fingerprint density at radius 1 is 1.37 bits per heavy atom. The van der Waals surface area contributed by atoms with Gasteiger partial charge in [-0.15, -0.1) is 0 Å². The molecule has 0 aliphatic rings. The summed E-state index contributed by atoms with van der Waals surface area (Å²) in [6.45, 7) is 0. The number of benzene rings is 1. The SMILES string of the molecule is NC(=O)c1cc(N)cnc1Nc1ccc(Br)cc1Cl. The number of aromatic nitrogens is 1. The van der Waals surface area contributed by atoms with Crippen molar-refractivity contribution in [3.05, 3.63) is 45.5 Å². The number of halogens is 2. The molecule has 1 aromatic heterocycles. The normalized spacial score (nSPS) is 10.2. The Bertz CT molecular complexity index is 648. The molecule has 2 rings (SSSR count). The van der Waals surface area contributed by atoms with E-state index in [1.165, 1.54) is 12.3 Å². The molecule has 7 heteroatoms. The second-order valence-electron chi connectivity index (χ2n) is 3.78. The van der Waals surface area contributed by atoms with Gasteiger partial charge in [-0.3, -0.25) is 4.79 Å². The van der Waals surface area contributed by atoms with Crippen LogP contribution in [-0.4, -0.2) is 10.9 Å². The van der Waals surface area contributed by atoms with Gasteiger partial charge in [0.15, 0.2) is 0 Å². The van der Waals surface area contributed by atoms with E-state index in [-0.39, 0.29) is 5.56 Å². The van der Waals surface area contributed by atoms with Crippen molar-refractivity contribution >= 4 is 50.6 Å². The summed E-state index contributed by atoms with van der Waals surface area (Å²) >= 11 is 9.39. The minimum Gasteiger partial charge on any atom is -0.397 e. The fraction of sp³-hybridized carbons (Fsp3) is 0. The number of pyridine rings is 1. The molecule has 0 fully saturated rings. The first kappa shape index (κ1) is 13.6. The van der Waals surface area contributed by atoms with Crippen molar-refractivity contribution in [3.63, 3.8) is 0 Å². The van der Waals surface area contributed by atoms with Gasteiger partial charge < -0.3 is 16.8 Å². The molecule has 0 saturated carbocycles. The third-order valence-electron chi connectivity index (χ3n) is 2.36. The van der Waals surface area contributed by atoms with Crippen molar-refractivity contribution in [1.82, 2.24) is 4.98 Å². The molecule has 0 spiro atoms. The molecule has 98 valence electrons. The van der Waals surface area contributed by atoms with Crippen LogP contribution in [0, 0.1) is 0 Å². The van der Waals surface area contributed by atoms with Gasteiger partial charge in [0, 0.05) is 4.47 Å². The first-order valence-electron chi connectivity index (χ1n) is 5.25. The number of nitrogens with two attached hydrogens (primary N) is 2. The zero-order valence-electron chi connectivity index (χ0n) is 9.65. The predicted molar refractivity (Wildman–Crippen MR) is 79.6 cm³/mol. The van der Waals surface area contributed by atoms with E-state index in [9.17, 15) is 4.79 Å². The van der Waals surface area contributed by atoms with Crippen LogP contribution in [0.4, 0.5) is 17.2 Å². The summed E-state index contributed by atoms with van der Waals surface area (Å²) in [6.07, 6.45) is 1.43. The molecule has 1 heterocycles. The summed E-state index contributed by atoms with van der Waals surface area (Å²) in [6, 6.07) is 6.76. The van der Waals surface area contributed by atoms with Crippen molar-refractivity contribution < 1.29 is 4.79 Å². The summed E-state index contributed by atoms with van der Waals surface area (Å²) < 4.78 is 0.850. The molecule has 5 nitrogen and oxygen atoms in total. The average molecular weight is 342 g/mol. The highest BCUT2D eigenvalue weighted by Crippen LogP contribution is 2.29. The highest BCUT2D eigenvalue weighted by Gasteiger charge is 2.12. The minimum atomic E-state index is -0.615. The Morgan fingerprint density at radius 3 is 2.74 bits per heavy atom. The number of amides is 1. The van der Waals surface area contributed by atoms with Gasteiger partial charge in [0.05, 0.1) is 28.2 Å². The maximum Gasteiger partial charge on any atom is 0.252 e. The molecule has 0 aliphatic heterocycles. The lowest BCUT2D eigenvalue weighted by Crippen LogP contribution is -2.14. The van der Waals surface area contributed by atoms with E-state index < -0.39 is 5.91 Å². The number of nitrogens with one attached hydrogen (secondary N) is 1. The number of hydrogen-bond acceptors (Lipinski definition) is 4.